The first-order valence-corrected chi connectivity index (χ1v) is 13.5. The number of nitrogens with one attached hydrogen (secondary N) is 1. The first-order chi connectivity index (χ1) is 19.5. The first-order valence-electron chi connectivity index (χ1n) is 13.5. The molecule has 2 aliphatic rings. The van der Waals surface area contributed by atoms with E-state index >= 15 is 0 Å². The molecule has 0 spiro atoms. The first kappa shape index (κ1) is 27.1. The Kier molecular flexibility index (Phi) is 8.26. The van der Waals surface area contributed by atoms with Gasteiger partial charge in [-0.05, 0) is 38.2 Å². The lowest BCUT2D eigenvalue weighted by Crippen LogP contribution is -2.53. The summed E-state index contributed by atoms with van der Waals surface area (Å²) < 4.78 is 5.32. The summed E-state index contributed by atoms with van der Waals surface area (Å²) in [6, 6.07) is 16.1. The topological polar surface area (TPSA) is 110 Å². The Morgan fingerprint density at radius 1 is 0.975 bits per heavy atom. The molecule has 0 radical (unpaired) electrons. The molecule has 10 heteroatoms. The average molecular weight is 545 g/mol. The predicted molar refractivity (Wildman–Crippen MR) is 147 cm³/mol. The van der Waals surface area contributed by atoms with Gasteiger partial charge in [0.15, 0.2) is 0 Å². The fraction of sp³-hybridized carbons (Fsp3) is 0.333. The number of amides is 1. The van der Waals surface area contributed by atoms with Crippen LogP contribution in [-0.4, -0.2) is 52.7 Å². The second-order valence-electron chi connectivity index (χ2n) is 9.81. The van der Waals surface area contributed by atoms with Gasteiger partial charge < -0.3 is 10.1 Å². The number of fused-ring (bicyclic) bond motifs is 1. The van der Waals surface area contributed by atoms with Crippen LogP contribution in [0.2, 0.25) is 0 Å². The zero-order valence-electron chi connectivity index (χ0n) is 22.5. The summed E-state index contributed by atoms with van der Waals surface area (Å²) >= 11 is 0. The molecule has 1 saturated carbocycles. The second-order valence-corrected chi connectivity index (χ2v) is 9.81. The van der Waals surface area contributed by atoms with Crippen LogP contribution in [0.15, 0.2) is 78.3 Å². The van der Waals surface area contributed by atoms with Gasteiger partial charge in [0, 0.05) is 30.6 Å². The molecule has 3 aromatic rings. The highest BCUT2D eigenvalue weighted by molar-refractivity contribution is 6.08. The summed E-state index contributed by atoms with van der Waals surface area (Å²) in [7, 11) is 1.72. The maximum Gasteiger partial charge on any atom is 0.550 e. The number of nitrogens with zero attached hydrogens (tertiary/aromatic N) is 3. The number of likely N-dealkylation sites (N-methyl/N-ethyl adjacent to an activating group) is 2. The highest BCUT2D eigenvalue weighted by atomic mass is 17.2. The molecule has 5 rings (SSSR count). The normalized spacial score (nSPS) is 18.5. The van der Waals surface area contributed by atoms with E-state index in [2.05, 4.69) is 10.3 Å². The average Bonchev–Trinajstić information content (AvgIpc) is 2.98. The second kappa shape index (κ2) is 12.2. The van der Waals surface area contributed by atoms with Gasteiger partial charge in [-0.15, -0.1) is 0 Å². The van der Waals surface area contributed by atoms with Crippen molar-refractivity contribution in [3.63, 3.8) is 0 Å². The third-order valence-corrected chi connectivity index (χ3v) is 7.31. The van der Waals surface area contributed by atoms with Crippen molar-refractivity contribution in [2.45, 2.75) is 51.2 Å². The van der Waals surface area contributed by atoms with Crippen LogP contribution in [0.3, 0.4) is 0 Å². The zero-order chi connectivity index (χ0) is 28.1. The van der Waals surface area contributed by atoms with E-state index in [1.54, 1.807) is 24.5 Å². The number of carbonyl (C=O) groups is 3. The summed E-state index contributed by atoms with van der Waals surface area (Å²) in [4.78, 5) is 54.0. The molecule has 1 atom stereocenters. The molecule has 2 aromatic carbocycles. The highest BCUT2D eigenvalue weighted by Gasteiger charge is 2.43. The van der Waals surface area contributed by atoms with Gasteiger partial charge in [0.2, 0.25) is 0 Å². The number of hydrogen-bond acceptors (Lipinski definition) is 9. The molecule has 2 heterocycles. The lowest BCUT2D eigenvalue weighted by molar-refractivity contribution is -0.243. The van der Waals surface area contributed by atoms with Crippen LogP contribution in [0.4, 0.5) is 10.5 Å². The molecule has 1 aromatic heterocycles. The van der Waals surface area contributed by atoms with Crippen LogP contribution in [0.25, 0.3) is 10.8 Å². The molecule has 1 fully saturated rings. The lowest BCUT2D eigenvalue weighted by atomic mass is 9.94. The number of pyridine rings is 1. The standard InChI is InChI=1S/C30H32N4O6/c1-3-34-28(35)26(32-24-19-31-18-21-14-10-11-17-23(21)24)25(27(33(34)2)20-12-6-4-7-13-20)29(36)39-40-30(37)38-22-15-8-5-9-16-22/h4,6-7,10-14,17-19,22,27,32H,3,5,8-9,15-16H2,1-2H3. The van der Waals surface area contributed by atoms with Crippen molar-refractivity contribution in [1.82, 2.24) is 15.0 Å². The van der Waals surface area contributed by atoms with Crippen molar-refractivity contribution >= 4 is 34.5 Å². The van der Waals surface area contributed by atoms with Crippen LogP contribution in [0.5, 0.6) is 0 Å². The van der Waals surface area contributed by atoms with E-state index in [1.165, 1.54) is 5.01 Å². The van der Waals surface area contributed by atoms with Crippen LogP contribution < -0.4 is 5.32 Å². The van der Waals surface area contributed by atoms with Gasteiger partial charge >= 0.3 is 12.1 Å². The fourth-order valence-corrected chi connectivity index (χ4v) is 5.38. The quantitative estimate of drug-likeness (QED) is 0.251. The highest BCUT2D eigenvalue weighted by Crippen LogP contribution is 2.37. The molecule has 1 amide bonds. The van der Waals surface area contributed by atoms with Crippen molar-refractivity contribution in [2.75, 3.05) is 18.9 Å². The number of ether oxygens (including phenoxy) is 1. The van der Waals surface area contributed by atoms with Crippen LogP contribution in [-0.2, 0) is 24.1 Å². The Labute approximate surface area is 232 Å². The van der Waals surface area contributed by atoms with Gasteiger partial charge in [0.05, 0.1) is 23.5 Å². The number of aromatic nitrogens is 1. The summed E-state index contributed by atoms with van der Waals surface area (Å²) in [6.07, 6.45) is 6.45. The number of hydrogen-bond donors (Lipinski definition) is 1. The van der Waals surface area contributed by atoms with Crippen LogP contribution in [0, 0.1) is 0 Å². The third kappa shape index (κ3) is 5.62. The van der Waals surface area contributed by atoms with Crippen LogP contribution >= 0.6 is 0 Å². The van der Waals surface area contributed by atoms with E-state index in [4.69, 9.17) is 14.5 Å². The van der Waals surface area contributed by atoms with E-state index in [1.807, 2.05) is 61.5 Å². The van der Waals surface area contributed by atoms with Crippen molar-refractivity contribution in [1.29, 1.82) is 0 Å². The molecule has 1 N–H and O–H groups in total. The predicted octanol–water partition coefficient (Wildman–Crippen LogP) is 5.30. The summed E-state index contributed by atoms with van der Waals surface area (Å²) in [5.41, 5.74) is 1.27. The number of anilines is 1. The Hall–Kier alpha value is -4.44. The largest absolute Gasteiger partial charge is 0.550 e. The fourth-order valence-electron chi connectivity index (χ4n) is 5.38. The number of hydrazine groups is 1. The van der Waals surface area contributed by atoms with Crippen molar-refractivity contribution in [2.24, 2.45) is 0 Å². The van der Waals surface area contributed by atoms with Gasteiger partial charge in [0.1, 0.15) is 11.8 Å². The molecule has 0 bridgehead atoms. The molecule has 40 heavy (non-hydrogen) atoms. The van der Waals surface area contributed by atoms with E-state index in [9.17, 15) is 14.4 Å². The van der Waals surface area contributed by atoms with Gasteiger partial charge in [0.25, 0.3) is 5.91 Å². The van der Waals surface area contributed by atoms with Gasteiger partial charge in [-0.1, -0.05) is 61.0 Å². The number of carbonyl (C=O) groups excluding carboxylic acids is 3. The third-order valence-electron chi connectivity index (χ3n) is 7.31. The Morgan fingerprint density at radius 3 is 2.45 bits per heavy atom. The molecule has 10 nitrogen and oxygen atoms in total. The maximum atomic E-state index is 13.8. The summed E-state index contributed by atoms with van der Waals surface area (Å²) in [6.45, 7) is 2.20. The van der Waals surface area contributed by atoms with E-state index in [0.717, 1.165) is 48.4 Å². The Bertz CT molecular complexity index is 1410. The minimum atomic E-state index is -1.09. The molecular weight excluding hydrogens is 512 g/mol. The minimum Gasteiger partial charge on any atom is -0.428 e. The molecule has 1 unspecified atom stereocenters. The van der Waals surface area contributed by atoms with E-state index < -0.39 is 24.1 Å². The van der Waals surface area contributed by atoms with Crippen LogP contribution in [0.1, 0.15) is 50.6 Å². The molecule has 1 aliphatic carbocycles. The van der Waals surface area contributed by atoms with Crippen molar-refractivity contribution in [3.05, 3.63) is 83.8 Å². The smallest absolute Gasteiger partial charge is 0.428 e. The minimum absolute atomic E-state index is 0.00111. The van der Waals surface area contributed by atoms with E-state index in [0.29, 0.717) is 12.2 Å². The molecule has 0 saturated heterocycles. The molecule has 1 aliphatic heterocycles. The SMILES string of the molecule is CCN1C(=O)C(Nc2cncc3ccccc23)=C(C(=O)OOC(=O)OC2CCCCC2)C(c2ccccc2)N1C. The lowest BCUT2D eigenvalue weighted by Gasteiger charge is -2.42. The zero-order valence-corrected chi connectivity index (χ0v) is 22.5. The van der Waals surface area contributed by atoms with Crippen molar-refractivity contribution < 1.29 is 28.9 Å². The summed E-state index contributed by atoms with van der Waals surface area (Å²) in [5.74, 6) is -1.43. The van der Waals surface area contributed by atoms with Gasteiger partial charge in [-0.3, -0.25) is 14.8 Å². The van der Waals surface area contributed by atoms with E-state index in [-0.39, 0.29) is 17.4 Å². The molecule has 208 valence electrons. The molecular formula is C30H32N4O6. The number of benzene rings is 2. The maximum absolute atomic E-state index is 13.8. The van der Waals surface area contributed by atoms with Gasteiger partial charge in [-0.25, -0.2) is 19.6 Å². The Balaban J connectivity index is 1.53. The Morgan fingerprint density at radius 2 is 1.70 bits per heavy atom. The van der Waals surface area contributed by atoms with Crippen molar-refractivity contribution in [3.8, 4) is 0 Å². The summed E-state index contributed by atoms with van der Waals surface area (Å²) in [5, 5.41) is 8.06. The number of rotatable bonds is 6. The monoisotopic (exact) mass is 544 g/mol. The van der Waals surface area contributed by atoms with Gasteiger partial charge in [-0.2, -0.15) is 4.79 Å².